The van der Waals surface area contributed by atoms with Gasteiger partial charge in [0.25, 0.3) is 0 Å². The van der Waals surface area contributed by atoms with Crippen LogP contribution in [0.5, 0.6) is 0 Å². The van der Waals surface area contributed by atoms with Crippen LogP contribution in [-0.4, -0.2) is 54.3 Å². The van der Waals surface area contributed by atoms with Crippen LogP contribution in [0.1, 0.15) is 30.4 Å². The summed E-state index contributed by atoms with van der Waals surface area (Å²) in [5.41, 5.74) is 0.000287. The molecule has 2 aromatic carbocycles. The molecule has 166 valence electrons. The van der Waals surface area contributed by atoms with Gasteiger partial charge in [-0.25, -0.2) is 0 Å². The number of nitrogens with zero attached hydrogens (tertiary/aromatic N) is 2. The van der Waals surface area contributed by atoms with Crippen molar-refractivity contribution in [2.24, 2.45) is 0 Å². The topological polar surface area (TPSA) is 52.7 Å². The Balaban J connectivity index is 1.47. The number of piperazine rings is 1. The second kappa shape index (κ2) is 9.96. The average Bonchev–Trinajstić information content (AvgIpc) is 2.74. The summed E-state index contributed by atoms with van der Waals surface area (Å²) in [5.74, 6) is -0.319. The van der Waals surface area contributed by atoms with Crippen molar-refractivity contribution in [3.8, 4) is 0 Å². The van der Waals surface area contributed by atoms with E-state index in [0.717, 1.165) is 11.6 Å². The van der Waals surface area contributed by atoms with E-state index in [1.165, 1.54) is 18.2 Å². The quantitative estimate of drug-likeness (QED) is 0.750. The molecule has 0 aliphatic carbocycles. The first-order chi connectivity index (χ1) is 14.7. The van der Waals surface area contributed by atoms with Gasteiger partial charge in [0.2, 0.25) is 11.8 Å². The van der Waals surface area contributed by atoms with Gasteiger partial charge in [0.15, 0.2) is 0 Å². The van der Waals surface area contributed by atoms with Crippen molar-refractivity contribution < 1.29 is 22.8 Å². The highest BCUT2D eigenvalue weighted by Crippen LogP contribution is 2.34. The summed E-state index contributed by atoms with van der Waals surface area (Å²) in [6, 6.07) is 14.8. The fourth-order valence-corrected chi connectivity index (χ4v) is 3.68. The van der Waals surface area contributed by atoms with Gasteiger partial charge in [0.1, 0.15) is 0 Å². The SMILES string of the molecule is CC(CC(=O)N1CCN(CC(=O)Nc2ccccc2C(F)(F)F)CC1)c1ccccc1. The third-order valence-electron chi connectivity index (χ3n) is 5.45. The lowest BCUT2D eigenvalue weighted by Crippen LogP contribution is -2.50. The molecule has 0 spiro atoms. The highest BCUT2D eigenvalue weighted by molar-refractivity contribution is 5.93. The Morgan fingerprint density at radius 2 is 1.58 bits per heavy atom. The van der Waals surface area contributed by atoms with Crippen molar-refractivity contribution in [1.82, 2.24) is 9.80 Å². The smallest absolute Gasteiger partial charge is 0.340 e. The Labute approximate surface area is 179 Å². The van der Waals surface area contributed by atoms with Gasteiger partial charge < -0.3 is 10.2 Å². The summed E-state index contributed by atoms with van der Waals surface area (Å²) < 4.78 is 39.2. The van der Waals surface area contributed by atoms with Gasteiger partial charge in [0, 0.05) is 32.6 Å². The lowest BCUT2D eigenvalue weighted by Gasteiger charge is -2.35. The summed E-state index contributed by atoms with van der Waals surface area (Å²) in [4.78, 5) is 28.5. The molecule has 0 radical (unpaired) electrons. The first-order valence-corrected chi connectivity index (χ1v) is 10.2. The average molecular weight is 433 g/mol. The van der Waals surface area contributed by atoms with E-state index in [-0.39, 0.29) is 24.1 Å². The molecule has 3 rings (SSSR count). The van der Waals surface area contributed by atoms with Crippen LogP contribution < -0.4 is 5.32 Å². The second-order valence-electron chi connectivity index (χ2n) is 7.76. The first-order valence-electron chi connectivity index (χ1n) is 10.2. The van der Waals surface area contributed by atoms with Crippen LogP contribution in [0.3, 0.4) is 0 Å². The highest BCUT2D eigenvalue weighted by Gasteiger charge is 2.33. The van der Waals surface area contributed by atoms with Crippen LogP contribution in [0.4, 0.5) is 18.9 Å². The number of carbonyl (C=O) groups is 2. The predicted octanol–water partition coefficient (Wildman–Crippen LogP) is 3.98. The van der Waals surface area contributed by atoms with Gasteiger partial charge in [-0.05, 0) is 23.6 Å². The minimum atomic E-state index is -4.53. The number of alkyl halides is 3. The van der Waals surface area contributed by atoms with Crippen molar-refractivity contribution in [2.45, 2.75) is 25.4 Å². The molecule has 31 heavy (non-hydrogen) atoms. The molecule has 1 unspecified atom stereocenters. The highest BCUT2D eigenvalue weighted by atomic mass is 19.4. The largest absolute Gasteiger partial charge is 0.418 e. The summed E-state index contributed by atoms with van der Waals surface area (Å²) in [7, 11) is 0. The molecule has 0 aromatic heterocycles. The molecule has 1 aliphatic rings. The molecule has 0 saturated carbocycles. The molecular formula is C23H26F3N3O2. The maximum atomic E-state index is 13.1. The van der Waals surface area contributed by atoms with Crippen molar-refractivity contribution in [2.75, 3.05) is 38.0 Å². The Bertz CT molecular complexity index is 894. The second-order valence-corrected chi connectivity index (χ2v) is 7.76. The van der Waals surface area contributed by atoms with Crippen molar-refractivity contribution in [1.29, 1.82) is 0 Å². The lowest BCUT2D eigenvalue weighted by atomic mass is 9.97. The van der Waals surface area contributed by atoms with E-state index >= 15 is 0 Å². The molecule has 1 fully saturated rings. The zero-order valence-corrected chi connectivity index (χ0v) is 17.4. The van der Waals surface area contributed by atoms with Crippen LogP contribution in [0.15, 0.2) is 54.6 Å². The number of nitrogens with one attached hydrogen (secondary N) is 1. The molecule has 1 heterocycles. The fraction of sp³-hybridized carbons (Fsp3) is 0.391. The van der Waals surface area contributed by atoms with Gasteiger partial charge in [-0.1, -0.05) is 49.4 Å². The standard InChI is InChI=1S/C23H26F3N3O2/c1-17(18-7-3-2-4-8-18)15-22(31)29-13-11-28(12-14-29)16-21(30)27-20-10-6-5-9-19(20)23(24,25)26/h2-10,17H,11-16H2,1H3,(H,27,30). The molecule has 5 nitrogen and oxygen atoms in total. The summed E-state index contributed by atoms with van der Waals surface area (Å²) in [6.45, 7) is 3.99. The third kappa shape index (κ3) is 6.30. The number of anilines is 1. The van der Waals surface area contributed by atoms with Gasteiger partial charge in [-0.3, -0.25) is 14.5 Å². The number of para-hydroxylation sites is 1. The van der Waals surface area contributed by atoms with E-state index in [4.69, 9.17) is 0 Å². The molecule has 1 aliphatic heterocycles. The fourth-order valence-electron chi connectivity index (χ4n) is 3.68. The van der Waals surface area contributed by atoms with Gasteiger partial charge in [-0.2, -0.15) is 13.2 Å². The minimum absolute atomic E-state index is 0.0192. The van der Waals surface area contributed by atoms with Crippen molar-refractivity contribution >= 4 is 17.5 Å². The normalized spacial score (nSPS) is 16.1. The monoisotopic (exact) mass is 433 g/mol. The number of rotatable bonds is 6. The van der Waals surface area contributed by atoms with Gasteiger partial charge >= 0.3 is 6.18 Å². The molecular weight excluding hydrogens is 407 g/mol. The van der Waals surface area contributed by atoms with Crippen LogP contribution in [-0.2, 0) is 15.8 Å². The van der Waals surface area contributed by atoms with E-state index in [2.05, 4.69) is 5.32 Å². The minimum Gasteiger partial charge on any atom is -0.340 e. The number of halogens is 3. The molecule has 2 amide bonds. The van der Waals surface area contributed by atoms with Gasteiger partial charge in [0.05, 0.1) is 17.8 Å². The summed E-state index contributed by atoms with van der Waals surface area (Å²) in [5, 5.41) is 2.36. The molecule has 2 aromatic rings. The molecule has 1 saturated heterocycles. The number of hydrogen-bond donors (Lipinski definition) is 1. The Kier molecular flexibility index (Phi) is 7.33. The maximum Gasteiger partial charge on any atom is 0.418 e. The Morgan fingerprint density at radius 1 is 0.968 bits per heavy atom. The number of amides is 2. The van der Waals surface area contributed by atoms with Crippen molar-refractivity contribution in [3.63, 3.8) is 0 Å². The summed E-state index contributed by atoms with van der Waals surface area (Å²) >= 11 is 0. The van der Waals surface area contributed by atoms with Crippen LogP contribution in [0.25, 0.3) is 0 Å². The Hall–Kier alpha value is -2.87. The van der Waals surface area contributed by atoms with Gasteiger partial charge in [-0.15, -0.1) is 0 Å². The molecule has 8 heteroatoms. The maximum absolute atomic E-state index is 13.1. The van der Waals surface area contributed by atoms with Crippen LogP contribution in [0.2, 0.25) is 0 Å². The van der Waals surface area contributed by atoms with E-state index in [1.54, 1.807) is 4.90 Å². The number of benzene rings is 2. The zero-order chi connectivity index (χ0) is 22.4. The molecule has 0 bridgehead atoms. The van der Waals surface area contributed by atoms with E-state index in [9.17, 15) is 22.8 Å². The van der Waals surface area contributed by atoms with Crippen LogP contribution >= 0.6 is 0 Å². The third-order valence-corrected chi connectivity index (χ3v) is 5.45. The van der Waals surface area contributed by atoms with Crippen LogP contribution in [0, 0.1) is 0 Å². The first kappa shape index (κ1) is 22.8. The Morgan fingerprint density at radius 3 is 2.23 bits per heavy atom. The van der Waals surface area contributed by atoms with E-state index < -0.39 is 17.6 Å². The lowest BCUT2D eigenvalue weighted by molar-refractivity contribution is -0.137. The number of carbonyl (C=O) groups excluding carboxylic acids is 2. The molecule has 1 N–H and O–H groups in total. The summed E-state index contributed by atoms with van der Waals surface area (Å²) in [6.07, 6.45) is -4.12. The van der Waals surface area contributed by atoms with Crippen molar-refractivity contribution in [3.05, 3.63) is 65.7 Å². The number of hydrogen-bond acceptors (Lipinski definition) is 3. The molecule has 1 atom stereocenters. The van der Waals surface area contributed by atoms with E-state index in [1.807, 2.05) is 42.2 Å². The predicted molar refractivity (Wildman–Crippen MR) is 113 cm³/mol. The zero-order valence-electron chi connectivity index (χ0n) is 17.4. The van der Waals surface area contributed by atoms with E-state index in [0.29, 0.717) is 32.6 Å².